The highest BCUT2D eigenvalue weighted by atomic mass is 16.6. The fourth-order valence-corrected chi connectivity index (χ4v) is 3.57. The minimum absolute atomic E-state index is 0.237. The van der Waals surface area contributed by atoms with Gasteiger partial charge in [-0.3, -0.25) is 9.69 Å². The SMILES string of the molecule is CC(C)(C)OC(=O)c1ccc(-c2ccc(NC(=O)[C@H]3CCCN3C(=O)OC(C)(C)C)cc2)cn1. The number of pyridine rings is 1. The van der Waals surface area contributed by atoms with Crippen LogP contribution in [0.25, 0.3) is 11.1 Å². The van der Waals surface area contributed by atoms with Crippen molar-refractivity contribution < 1.29 is 23.9 Å². The molecular weight excluding hydrogens is 434 g/mol. The topological polar surface area (TPSA) is 97.8 Å². The molecule has 1 saturated heterocycles. The first-order chi connectivity index (χ1) is 15.8. The monoisotopic (exact) mass is 467 g/mol. The molecule has 34 heavy (non-hydrogen) atoms. The molecule has 0 spiro atoms. The molecule has 1 N–H and O–H groups in total. The number of rotatable bonds is 4. The normalized spacial score (nSPS) is 16.2. The Morgan fingerprint density at radius 1 is 0.912 bits per heavy atom. The molecule has 1 aromatic heterocycles. The largest absolute Gasteiger partial charge is 0.455 e. The molecule has 2 heterocycles. The molecule has 1 fully saturated rings. The van der Waals surface area contributed by atoms with E-state index in [1.54, 1.807) is 72.0 Å². The molecule has 8 nitrogen and oxygen atoms in total. The molecule has 8 heteroatoms. The van der Waals surface area contributed by atoms with E-state index >= 15 is 0 Å². The van der Waals surface area contributed by atoms with Gasteiger partial charge in [0.15, 0.2) is 0 Å². The van der Waals surface area contributed by atoms with Gasteiger partial charge in [-0.1, -0.05) is 18.2 Å². The predicted molar refractivity (Wildman–Crippen MR) is 129 cm³/mol. The summed E-state index contributed by atoms with van der Waals surface area (Å²) in [5.74, 6) is -0.705. The number of likely N-dealkylation sites (tertiary alicyclic amines) is 1. The van der Waals surface area contributed by atoms with Crippen LogP contribution in [0, 0.1) is 0 Å². The Kier molecular flexibility index (Phi) is 7.29. The molecular formula is C26H33N3O5. The van der Waals surface area contributed by atoms with Crippen LogP contribution in [0.5, 0.6) is 0 Å². The summed E-state index contributed by atoms with van der Waals surface area (Å²) in [5, 5.41) is 2.89. The molecule has 1 aliphatic heterocycles. The van der Waals surface area contributed by atoms with Gasteiger partial charge in [0, 0.05) is 24.0 Å². The van der Waals surface area contributed by atoms with Gasteiger partial charge in [-0.15, -0.1) is 0 Å². The number of carbonyl (C=O) groups excluding carboxylic acids is 3. The summed E-state index contributed by atoms with van der Waals surface area (Å²) in [5.41, 5.74) is 1.39. The van der Waals surface area contributed by atoms with Gasteiger partial charge in [0.05, 0.1) is 0 Å². The van der Waals surface area contributed by atoms with Crippen molar-refractivity contribution in [3.63, 3.8) is 0 Å². The van der Waals surface area contributed by atoms with Crippen molar-refractivity contribution in [3.05, 3.63) is 48.3 Å². The van der Waals surface area contributed by atoms with E-state index in [1.165, 1.54) is 4.90 Å². The zero-order valence-corrected chi connectivity index (χ0v) is 20.7. The second-order valence-electron chi connectivity index (χ2n) is 10.3. The number of hydrogen-bond acceptors (Lipinski definition) is 6. The lowest BCUT2D eigenvalue weighted by Gasteiger charge is -2.28. The Balaban J connectivity index is 1.63. The van der Waals surface area contributed by atoms with Crippen LogP contribution in [0.15, 0.2) is 42.6 Å². The van der Waals surface area contributed by atoms with Crippen molar-refractivity contribution >= 4 is 23.7 Å². The molecule has 0 bridgehead atoms. The molecule has 1 aromatic carbocycles. The number of amides is 2. The van der Waals surface area contributed by atoms with Crippen LogP contribution in [-0.4, -0.2) is 51.6 Å². The van der Waals surface area contributed by atoms with Gasteiger partial charge in [0.25, 0.3) is 0 Å². The minimum atomic E-state index is -0.615. The van der Waals surface area contributed by atoms with Crippen LogP contribution in [0.2, 0.25) is 0 Å². The third kappa shape index (κ3) is 6.79. The number of ether oxygens (including phenoxy) is 2. The molecule has 0 radical (unpaired) electrons. The standard InChI is InChI=1S/C26H33N3O5/c1-25(2,3)33-23(31)20-14-11-18(16-27-20)17-9-12-19(13-10-17)28-22(30)21-8-7-15-29(21)24(32)34-26(4,5)6/h9-14,16,21H,7-8,15H2,1-6H3,(H,28,30)/t21-/m1/s1. The average Bonchev–Trinajstić information content (AvgIpc) is 3.22. The van der Waals surface area contributed by atoms with E-state index in [0.29, 0.717) is 18.7 Å². The smallest absolute Gasteiger partial charge is 0.410 e. The third-order valence-corrected chi connectivity index (χ3v) is 5.04. The Hall–Kier alpha value is -3.42. The highest BCUT2D eigenvalue weighted by Gasteiger charge is 2.36. The van der Waals surface area contributed by atoms with E-state index < -0.39 is 29.3 Å². The lowest BCUT2D eigenvalue weighted by atomic mass is 10.1. The minimum Gasteiger partial charge on any atom is -0.455 e. The summed E-state index contributed by atoms with van der Waals surface area (Å²) >= 11 is 0. The quantitative estimate of drug-likeness (QED) is 0.633. The molecule has 2 aromatic rings. The van der Waals surface area contributed by atoms with Crippen molar-refractivity contribution in [2.45, 2.75) is 71.6 Å². The molecule has 0 aliphatic carbocycles. The summed E-state index contributed by atoms with van der Waals surface area (Å²) < 4.78 is 10.8. The molecule has 2 amide bonds. The summed E-state index contributed by atoms with van der Waals surface area (Å²) in [6.45, 7) is 11.3. The van der Waals surface area contributed by atoms with E-state index in [0.717, 1.165) is 17.5 Å². The molecule has 1 aliphatic rings. The van der Waals surface area contributed by atoms with Crippen LogP contribution in [-0.2, 0) is 14.3 Å². The maximum atomic E-state index is 12.8. The number of nitrogens with zero attached hydrogens (tertiary/aromatic N) is 2. The maximum Gasteiger partial charge on any atom is 0.410 e. The van der Waals surface area contributed by atoms with Gasteiger partial charge in [0.2, 0.25) is 5.91 Å². The Morgan fingerprint density at radius 3 is 2.09 bits per heavy atom. The van der Waals surface area contributed by atoms with E-state index in [9.17, 15) is 14.4 Å². The number of benzene rings is 1. The van der Waals surface area contributed by atoms with Gasteiger partial charge in [0.1, 0.15) is 22.9 Å². The number of nitrogens with one attached hydrogen (secondary N) is 1. The second kappa shape index (κ2) is 9.83. The highest BCUT2D eigenvalue weighted by Crippen LogP contribution is 2.24. The molecule has 1 atom stereocenters. The first-order valence-electron chi connectivity index (χ1n) is 11.4. The number of esters is 1. The summed E-state index contributed by atoms with van der Waals surface area (Å²) in [6, 6.07) is 10.2. The van der Waals surface area contributed by atoms with E-state index in [1.807, 2.05) is 12.1 Å². The van der Waals surface area contributed by atoms with Gasteiger partial charge in [-0.2, -0.15) is 0 Å². The summed E-state index contributed by atoms with van der Waals surface area (Å²) in [6.07, 6.45) is 2.49. The number of carbonyl (C=O) groups is 3. The van der Waals surface area contributed by atoms with E-state index in [-0.39, 0.29) is 11.6 Å². The summed E-state index contributed by atoms with van der Waals surface area (Å²) in [4.78, 5) is 43.1. The van der Waals surface area contributed by atoms with E-state index in [2.05, 4.69) is 10.3 Å². The lowest BCUT2D eigenvalue weighted by Crippen LogP contribution is -2.45. The lowest BCUT2D eigenvalue weighted by molar-refractivity contribution is -0.120. The fourth-order valence-electron chi connectivity index (χ4n) is 3.57. The Bertz CT molecular complexity index is 1030. The molecule has 0 saturated carbocycles. The van der Waals surface area contributed by atoms with Crippen LogP contribution in [0.3, 0.4) is 0 Å². The van der Waals surface area contributed by atoms with Crippen molar-refractivity contribution in [2.75, 3.05) is 11.9 Å². The zero-order valence-electron chi connectivity index (χ0n) is 20.7. The van der Waals surface area contributed by atoms with Gasteiger partial charge >= 0.3 is 12.1 Å². The highest BCUT2D eigenvalue weighted by molar-refractivity contribution is 5.97. The molecule has 0 unspecified atom stereocenters. The van der Waals surface area contributed by atoms with Crippen molar-refractivity contribution in [3.8, 4) is 11.1 Å². The first-order valence-corrected chi connectivity index (χ1v) is 11.4. The molecule has 182 valence electrons. The third-order valence-electron chi connectivity index (χ3n) is 5.04. The van der Waals surface area contributed by atoms with Gasteiger partial charge < -0.3 is 14.8 Å². The van der Waals surface area contributed by atoms with Crippen LogP contribution < -0.4 is 5.32 Å². The number of hydrogen-bond donors (Lipinski definition) is 1. The molecule has 3 rings (SSSR count). The number of aromatic nitrogens is 1. The van der Waals surface area contributed by atoms with Crippen LogP contribution in [0.1, 0.15) is 64.9 Å². The maximum absolute atomic E-state index is 12.8. The second-order valence-corrected chi connectivity index (χ2v) is 10.3. The number of anilines is 1. The van der Waals surface area contributed by atoms with E-state index in [4.69, 9.17) is 9.47 Å². The first kappa shape index (κ1) is 25.2. The predicted octanol–water partition coefficient (Wildman–Crippen LogP) is 5.04. The van der Waals surface area contributed by atoms with Crippen molar-refractivity contribution in [2.24, 2.45) is 0 Å². The van der Waals surface area contributed by atoms with Gasteiger partial charge in [-0.25, -0.2) is 14.6 Å². The summed E-state index contributed by atoms with van der Waals surface area (Å²) in [7, 11) is 0. The fraction of sp³-hybridized carbons (Fsp3) is 0.462. The van der Waals surface area contributed by atoms with Crippen LogP contribution >= 0.6 is 0 Å². The Labute approximate surface area is 200 Å². The van der Waals surface area contributed by atoms with Crippen LogP contribution in [0.4, 0.5) is 10.5 Å². The van der Waals surface area contributed by atoms with Crippen molar-refractivity contribution in [1.29, 1.82) is 0 Å². The zero-order chi connectivity index (χ0) is 25.1. The Morgan fingerprint density at radius 2 is 1.53 bits per heavy atom. The van der Waals surface area contributed by atoms with Crippen molar-refractivity contribution in [1.82, 2.24) is 9.88 Å². The van der Waals surface area contributed by atoms with Gasteiger partial charge in [-0.05, 0) is 78.1 Å². The average molecular weight is 468 g/mol.